The fourth-order valence-corrected chi connectivity index (χ4v) is 3.22. The Morgan fingerprint density at radius 3 is 2.00 bits per heavy atom. The number of benzene rings is 2. The number of amidine groups is 1. The molecule has 2 aromatic carbocycles. The number of aliphatic imine (C=N–C) groups is 1. The van der Waals surface area contributed by atoms with Crippen molar-refractivity contribution in [2.24, 2.45) is 4.99 Å². The first-order valence-electron chi connectivity index (χ1n) is 9.92. The van der Waals surface area contributed by atoms with Crippen LogP contribution in [0.25, 0.3) is 0 Å². The van der Waals surface area contributed by atoms with Gasteiger partial charge in [0.05, 0.1) is 0 Å². The Morgan fingerprint density at radius 1 is 0.821 bits per heavy atom. The van der Waals surface area contributed by atoms with E-state index < -0.39 is 0 Å². The highest BCUT2D eigenvalue weighted by molar-refractivity contribution is 6.10. The molecule has 0 atom stereocenters. The van der Waals surface area contributed by atoms with Crippen molar-refractivity contribution in [3.05, 3.63) is 89.1 Å². The maximum absolute atomic E-state index is 4.85. The van der Waals surface area contributed by atoms with Crippen molar-refractivity contribution in [1.82, 2.24) is 4.98 Å². The summed E-state index contributed by atoms with van der Waals surface area (Å²) in [6.45, 7) is 11.0. The maximum Gasteiger partial charge on any atom is 0.154 e. The SMILES string of the molecule is Cc1ccc(/C(=N/c2ccccn2)Nc2c(C(C)C)cccc2C(C)C)cc1. The van der Waals surface area contributed by atoms with E-state index in [1.165, 1.54) is 16.7 Å². The van der Waals surface area contributed by atoms with Crippen molar-refractivity contribution in [3.63, 3.8) is 0 Å². The Hall–Kier alpha value is -2.94. The van der Waals surface area contributed by atoms with E-state index in [0.717, 1.165) is 17.1 Å². The highest BCUT2D eigenvalue weighted by Crippen LogP contribution is 2.33. The molecule has 0 aliphatic carbocycles. The van der Waals surface area contributed by atoms with Gasteiger partial charge in [-0.2, -0.15) is 0 Å². The molecule has 0 radical (unpaired) electrons. The normalized spacial score (nSPS) is 11.9. The number of rotatable bonds is 5. The number of aryl methyl sites for hydroxylation is 1. The lowest BCUT2D eigenvalue weighted by molar-refractivity contribution is 0.839. The molecule has 3 aromatic rings. The Kier molecular flexibility index (Phi) is 6.25. The van der Waals surface area contributed by atoms with Crippen molar-refractivity contribution >= 4 is 17.3 Å². The highest BCUT2D eigenvalue weighted by atomic mass is 15.0. The molecule has 0 spiro atoms. The average Bonchev–Trinajstić information content (AvgIpc) is 2.68. The van der Waals surface area contributed by atoms with Gasteiger partial charge in [0.2, 0.25) is 0 Å². The van der Waals surface area contributed by atoms with Gasteiger partial charge in [0.25, 0.3) is 0 Å². The Bertz CT molecular complexity index is 913. The summed E-state index contributed by atoms with van der Waals surface area (Å²) < 4.78 is 0. The van der Waals surface area contributed by atoms with Crippen LogP contribution in [0.15, 0.2) is 71.9 Å². The van der Waals surface area contributed by atoms with Crippen molar-refractivity contribution in [2.45, 2.75) is 46.5 Å². The summed E-state index contributed by atoms with van der Waals surface area (Å²) >= 11 is 0. The van der Waals surface area contributed by atoms with E-state index in [0.29, 0.717) is 17.7 Å². The summed E-state index contributed by atoms with van der Waals surface area (Å²) in [4.78, 5) is 9.24. The molecule has 28 heavy (non-hydrogen) atoms. The minimum Gasteiger partial charge on any atom is -0.339 e. The zero-order chi connectivity index (χ0) is 20.1. The van der Waals surface area contributed by atoms with Crippen LogP contribution in [0.4, 0.5) is 11.5 Å². The quantitative estimate of drug-likeness (QED) is 0.394. The van der Waals surface area contributed by atoms with Gasteiger partial charge in [0, 0.05) is 17.4 Å². The second kappa shape index (κ2) is 8.83. The summed E-state index contributed by atoms with van der Waals surface area (Å²) in [5, 5.41) is 3.67. The molecule has 3 rings (SSSR count). The van der Waals surface area contributed by atoms with Crippen LogP contribution < -0.4 is 5.32 Å². The van der Waals surface area contributed by atoms with E-state index in [1.807, 2.05) is 18.2 Å². The van der Waals surface area contributed by atoms with Crippen LogP contribution >= 0.6 is 0 Å². The zero-order valence-corrected chi connectivity index (χ0v) is 17.4. The highest BCUT2D eigenvalue weighted by Gasteiger charge is 2.16. The molecule has 1 heterocycles. The van der Waals surface area contributed by atoms with E-state index in [1.54, 1.807) is 6.20 Å². The van der Waals surface area contributed by atoms with E-state index in [9.17, 15) is 0 Å². The fourth-order valence-electron chi connectivity index (χ4n) is 3.22. The Morgan fingerprint density at radius 2 is 1.46 bits per heavy atom. The predicted octanol–water partition coefficient (Wildman–Crippen LogP) is 6.83. The second-order valence-corrected chi connectivity index (χ2v) is 7.76. The third kappa shape index (κ3) is 4.66. The van der Waals surface area contributed by atoms with Gasteiger partial charge in [-0.25, -0.2) is 9.98 Å². The van der Waals surface area contributed by atoms with Crippen molar-refractivity contribution in [3.8, 4) is 0 Å². The molecular weight excluding hydrogens is 342 g/mol. The molecule has 1 aromatic heterocycles. The molecule has 3 nitrogen and oxygen atoms in total. The fraction of sp³-hybridized carbons (Fsp3) is 0.280. The summed E-state index contributed by atoms with van der Waals surface area (Å²) in [7, 11) is 0. The largest absolute Gasteiger partial charge is 0.339 e. The van der Waals surface area contributed by atoms with Gasteiger partial charge in [0.15, 0.2) is 5.82 Å². The van der Waals surface area contributed by atoms with Crippen LogP contribution in [0.3, 0.4) is 0 Å². The zero-order valence-electron chi connectivity index (χ0n) is 17.4. The van der Waals surface area contributed by atoms with Crippen LogP contribution in [0, 0.1) is 6.92 Å². The lowest BCUT2D eigenvalue weighted by Crippen LogP contribution is -2.17. The Labute approximate surface area is 168 Å². The van der Waals surface area contributed by atoms with Gasteiger partial charge in [-0.1, -0.05) is 81.8 Å². The smallest absolute Gasteiger partial charge is 0.154 e. The van der Waals surface area contributed by atoms with E-state index in [2.05, 4.69) is 87.4 Å². The number of aromatic nitrogens is 1. The molecule has 144 valence electrons. The first-order valence-corrected chi connectivity index (χ1v) is 9.92. The first kappa shape index (κ1) is 19.8. The molecule has 0 fully saturated rings. The number of hydrogen-bond acceptors (Lipinski definition) is 2. The lowest BCUT2D eigenvalue weighted by Gasteiger charge is -2.22. The standard InChI is InChI=1S/C25H29N3/c1-17(2)21-9-8-10-22(18(3)4)24(21)28-25(20-14-12-19(5)13-15-20)27-23-11-6-7-16-26-23/h6-18H,1-5H3,(H,26,27,28). The number of pyridine rings is 1. The monoisotopic (exact) mass is 371 g/mol. The van der Waals surface area contributed by atoms with Crippen LogP contribution in [0.5, 0.6) is 0 Å². The molecule has 0 bridgehead atoms. The number of nitrogens with one attached hydrogen (secondary N) is 1. The van der Waals surface area contributed by atoms with Gasteiger partial charge >= 0.3 is 0 Å². The van der Waals surface area contributed by atoms with Gasteiger partial charge in [-0.3, -0.25) is 0 Å². The topological polar surface area (TPSA) is 37.3 Å². The third-order valence-corrected chi connectivity index (χ3v) is 4.82. The molecular formula is C25H29N3. The minimum absolute atomic E-state index is 0.412. The molecule has 0 aliphatic heterocycles. The van der Waals surface area contributed by atoms with Crippen molar-refractivity contribution in [1.29, 1.82) is 0 Å². The number of anilines is 1. The van der Waals surface area contributed by atoms with E-state index in [4.69, 9.17) is 4.99 Å². The number of hydrogen-bond donors (Lipinski definition) is 1. The van der Waals surface area contributed by atoms with Gasteiger partial charge < -0.3 is 5.32 Å². The summed E-state index contributed by atoms with van der Waals surface area (Å²) in [5.74, 6) is 2.33. The van der Waals surface area contributed by atoms with Gasteiger partial charge in [-0.05, 0) is 42.0 Å². The lowest BCUT2D eigenvalue weighted by atomic mass is 9.92. The predicted molar refractivity (Wildman–Crippen MR) is 120 cm³/mol. The third-order valence-electron chi connectivity index (χ3n) is 4.82. The summed E-state index contributed by atoms with van der Waals surface area (Å²) in [5.41, 5.74) is 6.03. The van der Waals surface area contributed by atoms with Gasteiger partial charge in [0.1, 0.15) is 5.84 Å². The molecule has 0 saturated heterocycles. The number of para-hydroxylation sites is 1. The van der Waals surface area contributed by atoms with Gasteiger partial charge in [-0.15, -0.1) is 0 Å². The van der Waals surface area contributed by atoms with Crippen LogP contribution in [0.2, 0.25) is 0 Å². The summed E-state index contributed by atoms with van der Waals surface area (Å²) in [6.07, 6.45) is 1.77. The van der Waals surface area contributed by atoms with Crippen LogP contribution in [0.1, 0.15) is 61.8 Å². The Balaban J connectivity index is 2.13. The molecule has 0 amide bonds. The van der Waals surface area contributed by atoms with E-state index in [-0.39, 0.29) is 0 Å². The molecule has 0 saturated carbocycles. The van der Waals surface area contributed by atoms with Crippen molar-refractivity contribution in [2.75, 3.05) is 5.32 Å². The maximum atomic E-state index is 4.85. The average molecular weight is 372 g/mol. The van der Waals surface area contributed by atoms with E-state index >= 15 is 0 Å². The van der Waals surface area contributed by atoms with Crippen molar-refractivity contribution < 1.29 is 0 Å². The van der Waals surface area contributed by atoms with Crippen LogP contribution in [-0.4, -0.2) is 10.8 Å². The minimum atomic E-state index is 0.412. The molecule has 0 unspecified atom stereocenters. The van der Waals surface area contributed by atoms with Crippen LogP contribution in [-0.2, 0) is 0 Å². The molecule has 1 N–H and O–H groups in total. The molecule has 3 heteroatoms. The molecule has 0 aliphatic rings. The summed E-state index contributed by atoms with van der Waals surface area (Å²) in [6, 6.07) is 20.8. The number of nitrogens with zero attached hydrogens (tertiary/aromatic N) is 2. The first-order chi connectivity index (χ1) is 13.5. The second-order valence-electron chi connectivity index (χ2n) is 7.76.